The average Bonchev–Trinajstić information content (AvgIpc) is 2.40. The molecule has 19 heavy (non-hydrogen) atoms. The van der Waals surface area contributed by atoms with Gasteiger partial charge in [0.25, 0.3) is 0 Å². The van der Waals surface area contributed by atoms with Gasteiger partial charge in [0.2, 0.25) is 5.91 Å². The largest absolute Gasteiger partial charge is 0.341 e. The number of rotatable bonds is 3. The number of piperidine rings is 1. The fourth-order valence-corrected chi connectivity index (χ4v) is 2.22. The quantitative estimate of drug-likeness (QED) is 0.927. The number of hydrogen-bond acceptors (Lipinski definition) is 3. The van der Waals surface area contributed by atoms with Gasteiger partial charge in [0.15, 0.2) is 0 Å². The fraction of sp³-hybridized carbons (Fsp3) is 0.538. The van der Waals surface area contributed by atoms with Crippen LogP contribution in [0.3, 0.4) is 0 Å². The Morgan fingerprint density at radius 1 is 1.53 bits per heavy atom. The lowest BCUT2D eigenvalue weighted by Gasteiger charge is -2.27. The molecule has 1 aromatic heterocycles. The molecule has 1 amide bonds. The van der Waals surface area contributed by atoms with Gasteiger partial charge in [-0.2, -0.15) is 0 Å². The van der Waals surface area contributed by atoms with E-state index in [4.69, 9.17) is 0 Å². The molecule has 0 bridgehead atoms. The zero-order valence-corrected chi connectivity index (χ0v) is 12.7. The molecular weight excluding hydrogens is 285 g/mol. The normalized spacial score (nSPS) is 17.8. The van der Waals surface area contributed by atoms with E-state index in [1.54, 1.807) is 11.1 Å². The van der Waals surface area contributed by atoms with Crippen LogP contribution in [0.25, 0.3) is 0 Å². The maximum atomic E-state index is 12.2. The third kappa shape index (κ3) is 5.35. The number of hydrogen-bond donors (Lipinski definition) is 1. The Morgan fingerprint density at radius 3 is 2.89 bits per heavy atom. The summed E-state index contributed by atoms with van der Waals surface area (Å²) in [5, 5.41) is 3.27. The fourth-order valence-electron chi connectivity index (χ4n) is 2.22. The summed E-state index contributed by atoms with van der Waals surface area (Å²) >= 11 is 0. The zero-order valence-electron chi connectivity index (χ0n) is 11.0. The molecule has 1 aliphatic heterocycles. The van der Waals surface area contributed by atoms with Crippen LogP contribution < -0.4 is 5.32 Å². The second-order valence-electron chi connectivity index (χ2n) is 4.60. The second kappa shape index (κ2) is 9.13. The Kier molecular flexibility index (Phi) is 8.72. The van der Waals surface area contributed by atoms with Gasteiger partial charge in [0.05, 0.1) is 5.92 Å². The van der Waals surface area contributed by atoms with E-state index in [9.17, 15) is 4.79 Å². The Morgan fingerprint density at radius 2 is 2.32 bits per heavy atom. The first-order valence-electron chi connectivity index (χ1n) is 6.12. The molecule has 2 heterocycles. The predicted octanol–water partition coefficient (Wildman–Crippen LogP) is 1.88. The first kappa shape index (κ1) is 18.2. The highest BCUT2D eigenvalue weighted by atomic mass is 35.5. The Labute approximate surface area is 126 Å². The topological polar surface area (TPSA) is 45.2 Å². The van der Waals surface area contributed by atoms with Gasteiger partial charge in [-0.25, -0.2) is 0 Å². The third-order valence-electron chi connectivity index (χ3n) is 3.16. The van der Waals surface area contributed by atoms with Gasteiger partial charge in [-0.05, 0) is 31.0 Å². The monoisotopic (exact) mass is 305 g/mol. The summed E-state index contributed by atoms with van der Waals surface area (Å²) in [6.07, 6.45) is 5.65. The molecule has 108 valence electrons. The summed E-state index contributed by atoms with van der Waals surface area (Å²) in [6.45, 7) is 2.50. The molecule has 0 saturated carbocycles. The van der Waals surface area contributed by atoms with E-state index < -0.39 is 0 Å². The molecule has 1 saturated heterocycles. The van der Waals surface area contributed by atoms with Crippen LogP contribution in [-0.4, -0.2) is 35.9 Å². The van der Waals surface area contributed by atoms with Gasteiger partial charge in [0, 0.05) is 32.5 Å². The number of aromatic nitrogens is 1. The minimum atomic E-state index is 0. The molecule has 0 radical (unpaired) electrons. The number of nitrogens with zero attached hydrogens (tertiary/aromatic N) is 2. The molecule has 1 aliphatic rings. The lowest BCUT2D eigenvalue weighted by Crippen LogP contribution is -2.41. The number of amides is 1. The number of carbonyl (C=O) groups is 1. The van der Waals surface area contributed by atoms with Gasteiger partial charge < -0.3 is 10.2 Å². The van der Waals surface area contributed by atoms with Crippen LogP contribution in [0.1, 0.15) is 18.4 Å². The van der Waals surface area contributed by atoms with Gasteiger partial charge in [0.1, 0.15) is 0 Å². The molecule has 1 fully saturated rings. The van der Waals surface area contributed by atoms with Crippen LogP contribution in [0.2, 0.25) is 0 Å². The van der Waals surface area contributed by atoms with Crippen molar-refractivity contribution in [2.45, 2.75) is 19.4 Å². The van der Waals surface area contributed by atoms with E-state index in [1.165, 1.54) is 0 Å². The number of halogens is 2. The Hall–Kier alpha value is -0.840. The summed E-state index contributed by atoms with van der Waals surface area (Å²) in [6, 6.07) is 3.89. The maximum Gasteiger partial charge on any atom is 0.227 e. The van der Waals surface area contributed by atoms with Crippen LogP contribution in [0.4, 0.5) is 0 Å². The number of pyridine rings is 1. The van der Waals surface area contributed by atoms with E-state index in [0.717, 1.165) is 31.5 Å². The first-order chi connectivity index (χ1) is 8.27. The summed E-state index contributed by atoms with van der Waals surface area (Å²) in [5.74, 6) is 0.381. The van der Waals surface area contributed by atoms with Gasteiger partial charge in [-0.3, -0.25) is 9.78 Å². The minimum absolute atomic E-state index is 0. The second-order valence-corrected chi connectivity index (χ2v) is 4.60. The van der Waals surface area contributed by atoms with E-state index in [2.05, 4.69) is 10.3 Å². The van der Waals surface area contributed by atoms with Gasteiger partial charge >= 0.3 is 0 Å². The maximum absolute atomic E-state index is 12.2. The number of carbonyl (C=O) groups excluding carboxylic acids is 1. The van der Waals surface area contributed by atoms with Crippen molar-refractivity contribution in [2.75, 3.05) is 20.1 Å². The van der Waals surface area contributed by atoms with Crippen LogP contribution in [0, 0.1) is 5.92 Å². The first-order valence-corrected chi connectivity index (χ1v) is 6.12. The molecular formula is C13H21Cl2N3O. The third-order valence-corrected chi connectivity index (χ3v) is 3.16. The van der Waals surface area contributed by atoms with Crippen molar-refractivity contribution < 1.29 is 4.79 Å². The summed E-state index contributed by atoms with van der Waals surface area (Å²) in [7, 11) is 1.87. The summed E-state index contributed by atoms with van der Waals surface area (Å²) < 4.78 is 0. The summed E-state index contributed by atoms with van der Waals surface area (Å²) in [4.78, 5) is 18.0. The average molecular weight is 306 g/mol. The van der Waals surface area contributed by atoms with Crippen molar-refractivity contribution in [2.24, 2.45) is 5.92 Å². The molecule has 0 aliphatic carbocycles. The lowest BCUT2D eigenvalue weighted by atomic mass is 9.98. The van der Waals surface area contributed by atoms with Crippen molar-refractivity contribution in [1.29, 1.82) is 0 Å². The smallest absolute Gasteiger partial charge is 0.227 e. The molecule has 1 aromatic rings. The molecule has 1 N–H and O–H groups in total. The lowest BCUT2D eigenvalue weighted by molar-refractivity contribution is -0.135. The SMILES string of the molecule is CN(Cc1cccnc1)C(=O)[C@@H]1CCCNC1.Cl.Cl. The van der Waals surface area contributed by atoms with Crippen molar-refractivity contribution in [3.8, 4) is 0 Å². The zero-order chi connectivity index (χ0) is 12.1. The van der Waals surface area contributed by atoms with Crippen molar-refractivity contribution >= 4 is 30.7 Å². The Bertz CT molecular complexity index is 369. The molecule has 0 unspecified atom stereocenters. The van der Waals surface area contributed by atoms with E-state index in [1.807, 2.05) is 25.4 Å². The van der Waals surface area contributed by atoms with E-state index >= 15 is 0 Å². The highest BCUT2D eigenvalue weighted by molar-refractivity contribution is 5.85. The molecule has 0 aromatic carbocycles. The van der Waals surface area contributed by atoms with Crippen LogP contribution in [-0.2, 0) is 11.3 Å². The molecule has 4 nitrogen and oxygen atoms in total. The van der Waals surface area contributed by atoms with E-state index in [0.29, 0.717) is 6.54 Å². The van der Waals surface area contributed by atoms with Crippen molar-refractivity contribution in [1.82, 2.24) is 15.2 Å². The van der Waals surface area contributed by atoms with Crippen LogP contribution >= 0.6 is 24.8 Å². The highest BCUT2D eigenvalue weighted by Crippen LogP contribution is 2.14. The Balaban J connectivity index is 0.00000162. The highest BCUT2D eigenvalue weighted by Gasteiger charge is 2.23. The summed E-state index contributed by atoms with van der Waals surface area (Å²) in [5.41, 5.74) is 1.08. The van der Waals surface area contributed by atoms with Gasteiger partial charge in [-0.15, -0.1) is 24.8 Å². The molecule has 2 rings (SSSR count). The molecule has 1 atom stereocenters. The molecule has 6 heteroatoms. The molecule has 0 spiro atoms. The predicted molar refractivity (Wildman–Crippen MR) is 80.8 cm³/mol. The number of nitrogens with one attached hydrogen (secondary N) is 1. The van der Waals surface area contributed by atoms with Crippen molar-refractivity contribution in [3.05, 3.63) is 30.1 Å². The minimum Gasteiger partial charge on any atom is -0.341 e. The van der Waals surface area contributed by atoms with E-state index in [-0.39, 0.29) is 36.6 Å². The standard InChI is InChI=1S/C13H19N3O.2ClH/c1-16(10-11-4-2-6-14-8-11)13(17)12-5-3-7-15-9-12;;/h2,4,6,8,12,15H,3,5,7,9-10H2,1H3;2*1H/t12-;;/m1../s1. The van der Waals surface area contributed by atoms with Gasteiger partial charge in [-0.1, -0.05) is 6.07 Å². The van der Waals surface area contributed by atoms with Crippen LogP contribution in [0.5, 0.6) is 0 Å². The van der Waals surface area contributed by atoms with Crippen LogP contribution in [0.15, 0.2) is 24.5 Å². The van der Waals surface area contributed by atoms with Crippen molar-refractivity contribution in [3.63, 3.8) is 0 Å².